The van der Waals surface area contributed by atoms with Gasteiger partial charge in [0.15, 0.2) is 0 Å². The second kappa shape index (κ2) is 9.59. The molecule has 0 amide bonds. The molecule has 0 radical (unpaired) electrons. The van der Waals surface area contributed by atoms with Crippen LogP contribution < -0.4 is 0 Å². The minimum absolute atomic E-state index is 0.00750. The van der Waals surface area contributed by atoms with E-state index in [-0.39, 0.29) is 30.1 Å². The highest BCUT2D eigenvalue weighted by atomic mass is 16.3. The van der Waals surface area contributed by atoms with E-state index in [9.17, 15) is 9.59 Å². The summed E-state index contributed by atoms with van der Waals surface area (Å²) in [5.41, 5.74) is 0.0561. The summed E-state index contributed by atoms with van der Waals surface area (Å²) in [5, 5.41) is 15.8. The van der Waals surface area contributed by atoms with Crippen molar-refractivity contribution >= 4 is 12.2 Å². The van der Waals surface area contributed by atoms with Gasteiger partial charge in [0.25, 0.3) is 0 Å². The molecule has 1 fully saturated rings. The maximum atomic E-state index is 10.3. The third-order valence-corrected chi connectivity index (χ3v) is 3.50. The zero-order valence-electron chi connectivity index (χ0n) is 13.1. The minimum Gasteiger partial charge on any atom is -0.396 e. The molecule has 1 aliphatic rings. The fourth-order valence-electron chi connectivity index (χ4n) is 3.16. The van der Waals surface area contributed by atoms with Crippen molar-refractivity contribution in [1.82, 2.24) is 0 Å². The minimum atomic E-state index is -0.0653. The smallest absolute Gasteiger partial charge is 0.235 e. The fourth-order valence-corrected chi connectivity index (χ4v) is 3.16. The molecule has 21 heavy (non-hydrogen) atoms. The fraction of sp³-hybridized carbons (Fsp3) is 0.867. The van der Waals surface area contributed by atoms with Crippen LogP contribution in [0.1, 0.15) is 46.5 Å². The highest BCUT2D eigenvalue weighted by Crippen LogP contribution is 2.47. The second-order valence-electron chi connectivity index (χ2n) is 6.64. The van der Waals surface area contributed by atoms with Crippen LogP contribution in [-0.4, -0.2) is 48.2 Å². The van der Waals surface area contributed by atoms with E-state index in [0.717, 1.165) is 19.3 Å². The predicted octanol–water partition coefficient (Wildman–Crippen LogP) is 1.60. The highest BCUT2D eigenvalue weighted by molar-refractivity contribution is 5.34. The number of aliphatic hydroxyl groups excluding tert-OH is 2. The number of carbonyl (C=O) groups excluding carboxylic acids is 2. The number of hydrogen-bond donors (Lipinski definition) is 2. The summed E-state index contributed by atoms with van der Waals surface area (Å²) >= 11 is 0. The molecule has 0 bridgehead atoms. The van der Waals surface area contributed by atoms with E-state index in [1.54, 1.807) is 12.2 Å². The SMILES string of the molecule is CC1(C)CC(N=C=O)CC(C)(CN=C=O)C1.OCCCO. The van der Waals surface area contributed by atoms with E-state index in [1.165, 1.54) is 0 Å². The number of nitrogens with zero attached hydrogens (tertiary/aromatic N) is 2. The van der Waals surface area contributed by atoms with Gasteiger partial charge in [0.2, 0.25) is 12.2 Å². The standard InChI is InChI=1S/C12H18N2O2.C3H8O2/c1-11(2)4-10(14-9-16)5-12(3,6-11)7-13-8-15;4-2-1-3-5/h10H,4-7H2,1-3H3;4-5H,1-3H2. The first-order valence-corrected chi connectivity index (χ1v) is 7.15. The topological polar surface area (TPSA) is 99.3 Å². The maximum absolute atomic E-state index is 10.3. The van der Waals surface area contributed by atoms with E-state index >= 15 is 0 Å². The van der Waals surface area contributed by atoms with Crippen LogP contribution in [0.15, 0.2) is 9.98 Å². The lowest BCUT2D eigenvalue weighted by molar-refractivity contribution is 0.0915. The number of rotatable bonds is 5. The van der Waals surface area contributed by atoms with Gasteiger partial charge in [-0.15, -0.1) is 0 Å². The Kier molecular flexibility index (Phi) is 8.98. The first-order valence-electron chi connectivity index (χ1n) is 7.15. The first-order chi connectivity index (χ1) is 9.82. The Bertz CT molecular complexity index is 396. The molecule has 0 spiro atoms. The third-order valence-electron chi connectivity index (χ3n) is 3.50. The van der Waals surface area contributed by atoms with Crippen molar-refractivity contribution < 1.29 is 19.8 Å². The molecule has 1 rings (SSSR count). The van der Waals surface area contributed by atoms with E-state index in [0.29, 0.717) is 13.0 Å². The molecule has 1 saturated carbocycles. The molecule has 1 aliphatic carbocycles. The molecule has 120 valence electrons. The molecule has 6 nitrogen and oxygen atoms in total. The number of hydrogen-bond acceptors (Lipinski definition) is 6. The summed E-state index contributed by atoms with van der Waals surface area (Å²) in [5.74, 6) is 0. The molecule has 6 heteroatoms. The van der Waals surface area contributed by atoms with Crippen molar-refractivity contribution in [2.75, 3.05) is 19.8 Å². The van der Waals surface area contributed by atoms with Gasteiger partial charge in [0.1, 0.15) is 0 Å². The van der Waals surface area contributed by atoms with Crippen LogP contribution in [0.2, 0.25) is 0 Å². The molecule has 0 aromatic heterocycles. The lowest BCUT2D eigenvalue weighted by Crippen LogP contribution is -2.39. The molecule has 0 heterocycles. The largest absolute Gasteiger partial charge is 0.396 e. The van der Waals surface area contributed by atoms with Crippen molar-refractivity contribution in [1.29, 1.82) is 0 Å². The van der Waals surface area contributed by atoms with Crippen LogP contribution in [-0.2, 0) is 9.59 Å². The van der Waals surface area contributed by atoms with Crippen molar-refractivity contribution in [3.05, 3.63) is 0 Å². The summed E-state index contributed by atoms with van der Waals surface area (Å²) in [6.07, 6.45) is 6.38. The molecular weight excluding hydrogens is 272 g/mol. The van der Waals surface area contributed by atoms with Crippen molar-refractivity contribution in [2.24, 2.45) is 20.8 Å². The third kappa shape index (κ3) is 8.53. The maximum Gasteiger partial charge on any atom is 0.235 e. The Hall–Kier alpha value is -1.32. The number of aliphatic hydroxyl groups is 2. The normalized spacial score (nSPS) is 26.6. The van der Waals surface area contributed by atoms with Crippen LogP contribution in [0.3, 0.4) is 0 Å². The second-order valence-corrected chi connectivity index (χ2v) is 6.64. The van der Waals surface area contributed by atoms with Gasteiger partial charge in [0.05, 0.1) is 12.6 Å². The van der Waals surface area contributed by atoms with Gasteiger partial charge in [0, 0.05) is 13.2 Å². The Morgan fingerprint density at radius 3 is 2.14 bits per heavy atom. The van der Waals surface area contributed by atoms with Crippen LogP contribution in [0.25, 0.3) is 0 Å². The molecule has 0 aliphatic heterocycles. The van der Waals surface area contributed by atoms with Crippen LogP contribution in [0.5, 0.6) is 0 Å². The molecule has 2 unspecified atom stereocenters. The summed E-state index contributed by atoms with van der Waals surface area (Å²) in [6.45, 7) is 7.05. The molecule has 0 saturated heterocycles. The van der Waals surface area contributed by atoms with Crippen molar-refractivity contribution in [2.45, 2.75) is 52.5 Å². The summed E-state index contributed by atoms with van der Waals surface area (Å²) < 4.78 is 0. The quantitative estimate of drug-likeness (QED) is 0.595. The highest BCUT2D eigenvalue weighted by Gasteiger charge is 2.41. The summed E-state index contributed by atoms with van der Waals surface area (Å²) in [7, 11) is 0. The van der Waals surface area contributed by atoms with Gasteiger partial charge in [-0.3, -0.25) is 0 Å². The van der Waals surface area contributed by atoms with Gasteiger partial charge in [-0.05, 0) is 36.5 Å². The molecule has 0 aromatic rings. The van der Waals surface area contributed by atoms with E-state index < -0.39 is 0 Å². The monoisotopic (exact) mass is 298 g/mol. The van der Waals surface area contributed by atoms with Gasteiger partial charge in [-0.1, -0.05) is 20.8 Å². The van der Waals surface area contributed by atoms with E-state index in [1.807, 2.05) is 0 Å². The molecule has 0 aromatic carbocycles. The Morgan fingerprint density at radius 2 is 1.71 bits per heavy atom. The van der Waals surface area contributed by atoms with Gasteiger partial charge in [-0.25, -0.2) is 19.6 Å². The molecule has 2 N–H and O–H groups in total. The van der Waals surface area contributed by atoms with Gasteiger partial charge >= 0.3 is 0 Å². The average Bonchev–Trinajstić information content (AvgIpc) is 2.36. The zero-order valence-corrected chi connectivity index (χ0v) is 13.1. The Balaban J connectivity index is 0.000000690. The Morgan fingerprint density at radius 1 is 1.10 bits per heavy atom. The zero-order chi connectivity index (χ0) is 16.4. The van der Waals surface area contributed by atoms with Crippen LogP contribution in [0, 0.1) is 10.8 Å². The average molecular weight is 298 g/mol. The number of isocyanates is 2. The van der Waals surface area contributed by atoms with E-state index in [2.05, 4.69) is 30.8 Å². The molecular formula is C15H26N2O4. The van der Waals surface area contributed by atoms with Crippen LogP contribution >= 0.6 is 0 Å². The lowest BCUT2D eigenvalue weighted by atomic mass is 9.63. The van der Waals surface area contributed by atoms with Crippen LogP contribution in [0.4, 0.5) is 0 Å². The first kappa shape index (κ1) is 19.7. The van der Waals surface area contributed by atoms with E-state index in [4.69, 9.17) is 10.2 Å². The molecule has 2 atom stereocenters. The lowest BCUT2D eigenvalue weighted by Gasteiger charge is -2.44. The van der Waals surface area contributed by atoms with Crippen molar-refractivity contribution in [3.63, 3.8) is 0 Å². The predicted molar refractivity (Wildman–Crippen MR) is 79.4 cm³/mol. The van der Waals surface area contributed by atoms with Gasteiger partial charge in [-0.2, -0.15) is 0 Å². The Labute approximate surface area is 126 Å². The van der Waals surface area contributed by atoms with Gasteiger partial charge < -0.3 is 10.2 Å². The summed E-state index contributed by atoms with van der Waals surface area (Å²) in [4.78, 5) is 28.0. The number of aliphatic imine (C=N–C) groups is 2. The summed E-state index contributed by atoms with van der Waals surface area (Å²) in [6, 6.07) is 0.00750. The van der Waals surface area contributed by atoms with Crippen molar-refractivity contribution in [3.8, 4) is 0 Å².